The number of benzene rings is 1. The average Bonchev–Trinajstić information content (AvgIpc) is 2.27. The van der Waals surface area contributed by atoms with Crippen molar-refractivity contribution in [3.05, 3.63) is 35.9 Å². The van der Waals surface area contributed by atoms with Crippen LogP contribution in [0.1, 0.15) is 12.5 Å². The first kappa shape index (κ1) is 12.9. The summed E-state index contributed by atoms with van der Waals surface area (Å²) in [6, 6.07) is 10.1. The number of hydrogen-bond acceptors (Lipinski definition) is 3. The second-order valence-electron chi connectivity index (χ2n) is 4.17. The summed E-state index contributed by atoms with van der Waals surface area (Å²) in [5.74, 6) is -0.226. The van der Waals surface area contributed by atoms with E-state index in [0.29, 0.717) is 6.54 Å². The van der Waals surface area contributed by atoms with E-state index in [1.165, 1.54) is 12.5 Å². The van der Waals surface area contributed by atoms with Gasteiger partial charge < -0.3 is 10.0 Å². The van der Waals surface area contributed by atoms with Gasteiger partial charge in [-0.15, -0.1) is 0 Å². The van der Waals surface area contributed by atoms with E-state index in [9.17, 15) is 4.79 Å². The highest BCUT2D eigenvalue weighted by molar-refractivity contribution is 5.78. The molecule has 1 N–H and O–H groups in total. The summed E-state index contributed by atoms with van der Waals surface area (Å²) < 4.78 is 0. The number of aliphatic hydroxyl groups excluding tert-OH is 1. The number of rotatable bonds is 6. The van der Waals surface area contributed by atoms with Gasteiger partial charge in [-0.3, -0.25) is 4.79 Å². The number of ketones is 1. The molecule has 0 aliphatic heterocycles. The molecule has 0 radical (unpaired) electrons. The second kappa shape index (κ2) is 6.40. The Morgan fingerprint density at radius 2 is 2.00 bits per heavy atom. The molecule has 1 aromatic rings. The summed E-state index contributed by atoms with van der Waals surface area (Å²) >= 11 is 0. The Bertz CT molecular complexity index is 324. The first-order valence-corrected chi connectivity index (χ1v) is 5.47. The van der Waals surface area contributed by atoms with Crippen molar-refractivity contribution in [1.29, 1.82) is 0 Å². The molecule has 1 unspecified atom stereocenters. The SMILES string of the molecule is CC(=O)C(CO)CN(C)Cc1ccccc1. The zero-order chi connectivity index (χ0) is 12.0. The molecule has 0 spiro atoms. The quantitative estimate of drug-likeness (QED) is 0.787. The summed E-state index contributed by atoms with van der Waals surface area (Å²) in [4.78, 5) is 13.2. The number of hydrogen-bond donors (Lipinski definition) is 1. The molecule has 0 bridgehead atoms. The van der Waals surface area contributed by atoms with Gasteiger partial charge >= 0.3 is 0 Å². The lowest BCUT2D eigenvalue weighted by Gasteiger charge is -2.20. The lowest BCUT2D eigenvalue weighted by molar-refractivity contribution is -0.122. The van der Waals surface area contributed by atoms with Crippen molar-refractivity contribution in [2.45, 2.75) is 13.5 Å². The summed E-state index contributed by atoms with van der Waals surface area (Å²) in [7, 11) is 1.96. The van der Waals surface area contributed by atoms with E-state index in [-0.39, 0.29) is 18.3 Å². The van der Waals surface area contributed by atoms with Gasteiger partial charge in [0.2, 0.25) is 0 Å². The lowest BCUT2D eigenvalue weighted by Crippen LogP contribution is -2.31. The van der Waals surface area contributed by atoms with E-state index in [0.717, 1.165) is 6.54 Å². The van der Waals surface area contributed by atoms with Gasteiger partial charge in [-0.1, -0.05) is 30.3 Å². The Labute approximate surface area is 96.7 Å². The molecule has 0 aromatic heterocycles. The Kier molecular flexibility index (Phi) is 5.15. The van der Waals surface area contributed by atoms with Gasteiger partial charge in [-0.25, -0.2) is 0 Å². The maximum atomic E-state index is 11.2. The highest BCUT2D eigenvalue weighted by atomic mass is 16.3. The van der Waals surface area contributed by atoms with Gasteiger partial charge in [0.05, 0.1) is 12.5 Å². The number of Topliss-reactive ketones (excluding diaryl/α,β-unsaturated/α-hetero) is 1. The number of aliphatic hydroxyl groups is 1. The molecule has 0 fully saturated rings. The second-order valence-corrected chi connectivity index (χ2v) is 4.17. The fourth-order valence-electron chi connectivity index (χ4n) is 1.65. The first-order chi connectivity index (χ1) is 7.63. The number of carbonyl (C=O) groups excluding carboxylic acids is 1. The Balaban J connectivity index is 2.47. The van der Waals surface area contributed by atoms with Crippen LogP contribution < -0.4 is 0 Å². The van der Waals surface area contributed by atoms with E-state index < -0.39 is 0 Å². The van der Waals surface area contributed by atoms with E-state index >= 15 is 0 Å². The molecule has 1 atom stereocenters. The van der Waals surface area contributed by atoms with Crippen molar-refractivity contribution in [2.24, 2.45) is 5.92 Å². The molecular weight excluding hydrogens is 202 g/mol. The van der Waals surface area contributed by atoms with Crippen molar-refractivity contribution in [1.82, 2.24) is 4.90 Å². The van der Waals surface area contributed by atoms with Gasteiger partial charge in [-0.2, -0.15) is 0 Å². The minimum absolute atomic E-state index is 0.0439. The van der Waals surface area contributed by atoms with E-state index in [1.54, 1.807) is 0 Å². The summed E-state index contributed by atoms with van der Waals surface area (Å²) in [5, 5.41) is 9.06. The van der Waals surface area contributed by atoms with Crippen LogP contribution in [0.25, 0.3) is 0 Å². The van der Waals surface area contributed by atoms with Crippen molar-refractivity contribution in [3.8, 4) is 0 Å². The maximum absolute atomic E-state index is 11.2. The fraction of sp³-hybridized carbons (Fsp3) is 0.462. The van der Waals surface area contributed by atoms with Crippen LogP contribution in [-0.2, 0) is 11.3 Å². The third-order valence-corrected chi connectivity index (χ3v) is 2.62. The Morgan fingerprint density at radius 1 is 1.38 bits per heavy atom. The van der Waals surface area contributed by atoms with Crippen molar-refractivity contribution in [3.63, 3.8) is 0 Å². The molecule has 88 valence electrons. The fourth-order valence-corrected chi connectivity index (χ4v) is 1.65. The molecule has 1 aromatic carbocycles. The van der Waals surface area contributed by atoms with Gasteiger partial charge in [0.15, 0.2) is 0 Å². The predicted octanol–water partition coefficient (Wildman–Crippen LogP) is 1.32. The zero-order valence-electron chi connectivity index (χ0n) is 9.89. The average molecular weight is 221 g/mol. The topological polar surface area (TPSA) is 40.5 Å². The summed E-state index contributed by atoms with van der Waals surface area (Å²) in [6.45, 7) is 2.84. The first-order valence-electron chi connectivity index (χ1n) is 5.47. The van der Waals surface area contributed by atoms with E-state index in [4.69, 9.17) is 5.11 Å². The summed E-state index contributed by atoms with van der Waals surface area (Å²) in [6.07, 6.45) is 0. The summed E-state index contributed by atoms with van der Waals surface area (Å²) in [5.41, 5.74) is 1.21. The van der Waals surface area contributed by atoms with Crippen molar-refractivity contribution >= 4 is 5.78 Å². The normalized spacial score (nSPS) is 12.8. The zero-order valence-corrected chi connectivity index (χ0v) is 9.89. The third-order valence-electron chi connectivity index (χ3n) is 2.62. The molecule has 0 saturated heterocycles. The highest BCUT2D eigenvalue weighted by Gasteiger charge is 2.15. The third kappa shape index (κ3) is 4.13. The molecule has 0 amide bonds. The molecule has 0 aliphatic rings. The predicted molar refractivity (Wildman–Crippen MR) is 64.0 cm³/mol. The smallest absolute Gasteiger partial charge is 0.136 e. The van der Waals surface area contributed by atoms with Crippen LogP contribution in [0, 0.1) is 5.92 Å². The number of carbonyl (C=O) groups is 1. The van der Waals surface area contributed by atoms with E-state index in [2.05, 4.69) is 17.0 Å². The van der Waals surface area contributed by atoms with Crippen LogP contribution in [0.15, 0.2) is 30.3 Å². The maximum Gasteiger partial charge on any atom is 0.136 e. The standard InChI is InChI=1S/C13H19NO2/c1-11(16)13(10-15)9-14(2)8-12-6-4-3-5-7-12/h3-7,13,15H,8-10H2,1-2H3. The van der Waals surface area contributed by atoms with Gasteiger partial charge in [0.25, 0.3) is 0 Å². The van der Waals surface area contributed by atoms with Crippen LogP contribution in [0.2, 0.25) is 0 Å². The minimum Gasteiger partial charge on any atom is -0.396 e. The van der Waals surface area contributed by atoms with Gasteiger partial charge in [0, 0.05) is 13.1 Å². The molecule has 0 heterocycles. The van der Waals surface area contributed by atoms with Crippen LogP contribution >= 0.6 is 0 Å². The van der Waals surface area contributed by atoms with Gasteiger partial charge in [0.1, 0.15) is 5.78 Å². The monoisotopic (exact) mass is 221 g/mol. The van der Waals surface area contributed by atoms with Crippen LogP contribution in [-0.4, -0.2) is 36.0 Å². The van der Waals surface area contributed by atoms with Crippen LogP contribution in [0.5, 0.6) is 0 Å². The van der Waals surface area contributed by atoms with Crippen molar-refractivity contribution in [2.75, 3.05) is 20.2 Å². The number of nitrogens with zero attached hydrogens (tertiary/aromatic N) is 1. The largest absolute Gasteiger partial charge is 0.396 e. The Hall–Kier alpha value is -1.19. The molecular formula is C13H19NO2. The molecule has 3 heteroatoms. The lowest BCUT2D eigenvalue weighted by atomic mass is 10.1. The molecule has 16 heavy (non-hydrogen) atoms. The Morgan fingerprint density at radius 3 is 2.50 bits per heavy atom. The minimum atomic E-state index is -0.270. The van der Waals surface area contributed by atoms with Crippen molar-refractivity contribution < 1.29 is 9.90 Å². The van der Waals surface area contributed by atoms with Crippen LogP contribution in [0.3, 0.4) is 0 Å². The highest BCUT2D eigenvalue weighted by Crippen LogP contribution is 2.06. The molecule has 1 rings (SSSR count). The van der Waals surface area contributed by atoms with E-state index in [1.807, 2.05) is 25.2 Å². The molecule has 0 aliphatic carbocycles. The van der Waals surface area contributed by atoms with Crippen LogP contribution in [0.4, 0.5) is 0 Å². The molecule has 0 saturated carbocycles. The molecule has 3 nitrogen and oxygen atoms in total. The van der Waals surface area contributed by atoms with Gasteiger partial charge in [-0.05, 0) is 19.5 Å².